The van der Waals surface area contributed by atoms with Crippen LogP contribution in [0.5, 0.6) is 0 Å². The van der Waals surface area contributed by atoms with Gasteiger partial charge in [0, 0.05) is 13.5 Å². The van der Waals surface area contributed by atoms with Crippen molar-refractivity contribution in [2.45, 2.75) is 18.6 Å². The maximum absolute atomic E-state index is 13.2. The number of carbonyl (C=O) groups excluding carboxylic acids is 2. The fourth-order valence-corrected chi connectivity index (χ4v) is 3.13. The maximum Gasteiger partial charge on any atom is 0.226 e. The van der Waals surface area contributed by atoms with Gasteiger partial charge in [-0.25, -0.2) is 4.39 Å². The Balaban J connectivity index is 1.71. The molecule has 0 aliphatic carbocycles. The predicted octanol–water partition coefficient (Wildman–Crippen LogP) is 1.79. The van der Waals surface area contributed by atoms with Gasteiger partial charge in [0.15, 0.2) is 0 Å². The summed E-state index contributed by atoms with van der Waals surface area (Å²) in [6, 6.07) is 8.57. The molecule has 0 spiro atoms. The molecule has 1 fully saturated rings. The van der Waals surface area contributed by atoms with Crippen LogP contribution in [0.4, 0.5) is 4.39 Å². The average Bonchev–Trinajstić information content (AvgIpc) is 3.23. The van der Waals surface area contributed by atoms with Crippen molar-refractivity contribution in [2.24, 2.45) is 5.92 Å². The number of likely N-dealkylation sites (tertiary alicyclic amines) is 1. The Morgan fingerprint density at radius 1 is 1.40 bits per heavy atom. The van der Waals surface area contributed by atoms with Crippen LogP contribution >= 0.6 is 0 Å². The minimum Gasteiger partial charge on any atom is -0.467 e. The monoisotopic (exact) mass is 346 g/mol. The van der Waals surface area contributed by atoms with Gasteiger partial charge in [0.25, 0.3) is 0 Å². The highest BCUT2D eigenvalue weighted by molar-refractivity contribution is 5.90. The lowest BCUT2D eigenvalue weighted by molar-refractivity contribution is -0.128. The van der Waals surface area contributed by atoms with Crippen molar-refractivity contribution in [3.63, 3.8) is 0 Å². The van der Waals surface area contributed by atoms with E-state index in [-0.39, 0.29) is 30.6 Å². The van der Waals surface area contributed by atoms with Crippen LogP contribution < -0.4 is 5.32 Å². The van der Waals surface area contributed by atoms with Gasteiger partial charge < -0.3 is 19.7 Å². The normalized spacial score (nSPS) is 21.4. The third-order valence-corrected chi connectivity index (χ3v) is 4.48. The second kappa shape index (κ2) is 7.06. The number of aliphatic hydroxyl groups excluding tert-OH is 1. The summed E-state index contributed by atoms with van der Waals surface area (Å²) in [5.74, 6) is -1.11. The number of nitrogens with zero attached hydrogens (tertiary/aromatic N) is 1. The quantitative estimate of drug-likeness (QED) is 0.865. The molecule has 0 bridgehead atoms. The summed E-state index contributed by atoms with van der Waals surface area (Å²) in [6.07, 6.45) is 0.551. The molecule has 6 nitrogen and oxygen atoms in total. The number of amides is 2. The fraction of sp³-hybridized carbons (Fsp3) is 0.333. The van der Waals surface area contributed by atoms with Crippen molar-refractivity contribution >= 4 is 11.8 Å². The van der Waals surface area contributed by atoms with E-state index in [1.165, 1.54) is 23.3 Å². The van der Waals surface area contributed by atoms with E-state index in [0.29, 0.717) is 11.3 Å². The minimum absolute atomic E-state index is 0.0170. The van der Waals surface area contributed by atoms with E-state index in [2.05, 4.69) is 5.32 Å². The van der Waals surface area contributed by atoms with Crippen LogP contribution in [0.3, 0.4) is 0 Å². The van der Waals surface area contributed by atoms with Gasteiger partial charge in [-0.1, -0.05) is 12.1 Å². The van der Waals surface area contributed by atoms with Gasteiger partial charge in [-0.05, 0) is 29.8 Å². The first kappa shape index (κ1) is 17.2. The summed E-state index contributed by atoms with van der Waals surface area (Å²) in [7, 11) is 1.63. The predicted molar refractivity (Wildman–Crippen MR) is 86.7 cm³/mol. The summed E-state index contributed by atoms with van der Waals surface area (Å²) in [5.41, 5.74) is 0.696. The van der Waals surface area contributed by atoms with Crippen molar-refractivity contribution in [1.29, 1.82) is 0 Å². The molecule has 2 heterocycles. The van der Waals surface area contributed by atoms with Crippen LogP contribution in [0.15, 0.2) is 47.1 Å². The number of furan rings is 1. The highest BCUT2D eigenvalue weighted by atomic mass is 19.1. The summed E-state index contributed by atoms with van der Waals surface area (Å²) in [5, 5.41) is 12.7. The largest absolute Gasteiger partial charge is 0.467 e. The molecule has 1 aliphatic heterocycles. The van der Waals surface area contributed by atoms with E-state index in [1.54, 1.807) is 31.3 Å². The number of nitrogens with one attached hydrogen (secondary N) is 1. The number of hydrogen-bond donors (Lipinski definition) is 2. The number of benzene rings is 1. The summed E-state index contributed by atoms with van der Waals surface area (Å²) < 4.78 is 18.2. The van der Waals surface area contributed by atoms with Crippen LogP contribution in [0.2, 0.25) is 0 Å². The summed E-state index contributed by atoms with van der Waals surface area (Å²) in [6.45, 7) is -0.0170. The number of carbonyl (C=O) groups is 2. The second-order valence-corrected chi connectivity index (χ2v) is 6.09. The standard InChI is InChI=1S/C18H19FN2O4/c1-21-16(23)9-13(17(21)11-4-6-12(19)7-5-11)18(24)20-10-14(22)15-3-2-8-25-15/h2-8,13-14,17,22H,9-10H2,1H3,(H,20,24). The van der Waals surface area contributed by atoms with Gasteiger partial charge >= 0.3 is 0 Å². The lowest BCUT2D eigenvalue weighted by atomic mass is 9.93. The molecule has 1 aliphatic rings. The molecule has 1 aromatic carbocycles. The molecule has 0 radical (unpaired) electrons. The van der Waals surface area contributed by atoms with Gasteiger partial charge in [0.1, 0.15) is 17.7 Å². The first-order valence-electron chi connectivity index (χ1n) is 7.97. The van der Waals surface area contributed by atoms with Crippen molar-refractivity contribution in [3.05, 3.63) is 59.8 Å². The van der Waals surface area contributed by atoms with E-state index >= 15 is 0 Å². The van der Waals surface area contributed by atoms with Crippen molar-refractivity contribution in [2.75, 3.05) is 13.6 Å². The van der Waals surface area contributed by atoms with Crippen LogP contribution in [0.1, 0.15) is 29.9 Å². The van der Waals surface area contributed by atoms with Gasteiger partial charge in [-0.2, -0.15) is 0 Å². The molecular formula is C18H19FN2O4. The summed E-state index contributed by atoms with van der Waals surface area (Å²) in [4.78, 5) is 26.1. The Morgan fingerprint density at radius 2 is 2.12 bits per heavy atom. The molecule has 132 valence electrons. The summed E-state index contributed by atoms with van der Waals surface area (Å²) >= 11 is 0. The number of hydrogen-bond acceptors (Lipinski definition) is 4. The molecular weight excluding hydrogens is 327 g/mol. The number of halogens is 1. The van der Waals surface area contributed by atoms with E-state index in [1.807, 2.05) is 0 Å². The van der Waals surface area contributed by atoms with Gasteiger partial charge in [-0.3, -0.25) is 9.59 Å². The Kier molecular flexibility index (Phi) is 4.85. The highest BCUT2D eigenvalue weighted by Crippen LogP contribution is 2.37. The zero-order valence-electron chi connectivity index (χ0n) is 13.7. The zero-order valence-corrected chi connectivity index (χ0v) is 13.7. The van der Waals surface area contributed by atoms with Crippen molar-refractivity contribution in [3.8, 4) is 0 Å². The molecule has 2 amide bonds. The molecule has 2 aromatic rings. The van der Waals surface area contributed by atoms with Crippen molar-refractivity contribution < 1.29 is 23.5 Å². The molecule has 25 heavy (non-hydrogen) atoms. The lowest BCUT2D eigenvalue weighted by Gasteiger charge is -2.25. The Morgan fingerprint density at radius 3 is 2.76 bits per heavy atom. The van der Waals surface area contributed by atoms with E-state index in [0.717, 1.165) is 0 Å². The molecule has 0 saturated carbocycles. The third kappa shape index (κ3) is 3.56. The van der Waals surface area contributed by atoms with Crippen LogP contribution in [-0.2, 0) is 9.59 Å². The Bertz CT molecular complexity index is 745. The molecule has 3 atom stereocenters. The van der Waals surface area contributed by atoms with Gasteiger partial charge in [0.2, 0.25) is 11.8 Å². The van der Waals surface area contributed by atoms with Crippen LogP contribution in [0.25, 0.3) is 0 Å². The molecule has 1 aromatic heterocycles. The first-order chi connectivity index (χ1) is 12.0. The molecule has 3 rings (SSSR count). The number of aliphatic hydroxyl groups is 1. The molecule has 2 N–H and O–H groups in total. The van der Waals surface area contributed by atoms with Gasteiger partial charge in [-0.15, -0.1) is 0 Å². The minimum atomic E-state index is -0.960. The highest BCUT2D eigenvalue weighted by Gasteiger charge is 2.42. The third-order valence-electron chi connectivity index (χ3n) is 4.48. The molecule has 1 saturated heterocycles. The maximum atomic E-state index is 13.2. The molecule has 3 unspecified atom stereocenters. The first-order valence-corrected chi connectivity index (χ1v) is 7.97. The number of rotatable bonds is 5. The van der Waals surface area contributed by atoms with E-state index in [4.69, 9.17) is 4.42 Å². The Hall–Kier alpha value is -2.67. The van der Waals surface area contributed by atoms with E-state index < -0.39 is 18.1 Å². The van der Waals surface area contributed by atoms with Gasteiger partial charge in [0.05, 0.1) is 24.8 Å². The average molecular weight is 346 g/mol. The lowest BCUT2D eigenvalue weighted by Crippen LogP contribution is -2.36. The Labute approximate surface area is 144 Å². The second-order valence-electron chi connectivity index (χ2n) is 6.09. The van der Waals surface area contributed by atoms with Crippen LogP contribution in [0, 0.1) is 11.7 Å². The zero-order chi connectivity index (χ0) is 18.0. The molecule has 7 heteroatoms. The van der Waals surface area contributed by atoms with Crippen molar-refractivity contribution in [1.82, 2.24) is 10.2 Å². The smallest absolute Gasteiger partial charge is 0.226 e. The SMILES string of the molecule is CN1C(=O)CC(C(=O)NCC(O)c2ccco2)C1c1ccc(F)cc1. The van der Waals surface area contributed by atoms with E-state index in [9.17, 15) is 19.1 Å². The topological polar surface area (TPSA) is 82.8 Å². The van der Waals surface area contributed by atoms with Crippen LogP contribution in [-0.4, -0.2) is 35.4 Å². The fourth-order valence-electron chi connectivity index (χ4n) is 3.13.